The number of nitrogens with two attached hydrogens (primary N) is 1. The number of ether oxygens (including phenoxy) is 1. The van der Waals surface area contributed by atoms with Crippen LogP contribution in [0.4, 0.5) is 5.00 Å². The maximum absolute atomic E-state index is 11.4. The van der Waals surface area contributed by atoms with Crippen molar-refractivity contribution in [3.63, 3.8) is 0 Å². The molecule has 0 aliphatic carbocycles. The molecule has 0 amide bonds. The van der Waals surface area contributed by atoms with E-state index in [0.717, 1.165) is 16.9 Å². The fourth-order valence-electron chi connectivity index (χ4n) is 2.64. The molecular weight excluding hydrogens is 445 g/mol. The van der Waals surface area contributed by atoms with Gasteiger partial charge in [-0.3, -0.25) is 0 Å². The topological polar surface area (TPSA) is 97.3 Å². The number of carboxylic acids is 1. The molecule has 0 aliphatic heterocycles. The summed E-state index contributed by atoms with van der Waals surface area (Å²) in [6, 6.07) is 14.6. The van der Waals surface area contributed by atoms with E-state index in [2.05, 4.69) is 16.7 Å². The molecule has 3 N–H and O–H groups in total. The summed E-state index contributed by atoms with van der Waals surface area (Å²) in [7, 11) is 0. The van der Waals surface area contributed by atoms with E-state index in [9.17, 15) is 9.90 Å². The Morgan fingerprint density at radius 3 is 2.53 bits per heavy atom. The van der Waals surface area contributed by atoms with E-state index in [1.54, 1.807) is 12.1 Å². The standard InChI is InChI=1S/C21H17Cl2N3O3S/c1-25-21(24)26-19-14(9-18(30-19)20(27)28)7-13-8-17(16(23)10-15(13)22)29-11-12-5-3-2-4-6-12/h2-6,8-10H,1,7,11H2,(H2,24,26)(H,27,28). The van der Waals surface area contributed by atoms with Crippen LogP contribution in [0, 0.1) is 0 Å². The smallest absolute Gasteiger partial charge is 0.345 e. The van der Waals surface area contributed by atoms with Gasteiger partial charge in [-0.25, -0.2) is 14.8 Å². The third kappa shape index (κ3) is 5.38. The molecule has 0 unspecified atom stereocenters. The Labute approximate surface area is 187 Å². The van der Waals surface area contributed by atoms with Gasteiger partial charge >= 0.3 is 5.97 Å². The molecule has 3 rings (SSSR count). The highest BCUT2D eigenvalue weighted by molar-refractivity contribution is 7.17. The minimum absolute atomic E-state index is 0.0517. The van der Waals surface area contributed by atoms with E-state index >= 15 is 0 Å². The fourth-order valence-corrected chi connectivity index (χ4v) is 4.05. The normalized spacial score (nSPS) is 11.3. The van der Waals surface area contributed by atoms with E-state index in [1.165, 1.54) is 6.07 Å². The van der Waals surface area contributed by atoms with Gasteiger partial charge < -0.3 is 15.6 Å². The molecule has 9 heteroatoms. The van der Waals surface area contributed by atoms with Gasteiger partial charge in [0.25, 0.3) is 0 Å². The number of benzene rings is 2. The molecule has 0 fully saturated rings. The second-order valence-corrected chi connectivity index (χ2v) is 8.04. The number of aromatic carboxylic acids is 1. The van der Waals surface area contributed by atoms with E-state index in [-0.39, 0.29) is 10.8 Å². The zero-order valence-electron chi connectivity index (χ0n) is 15.6. The van der Waals surface area contributed by atoms with Crippen molar-refractivity contribution < 1.29 is 14.6 Å². The van der Waals surface area contributed by atoms with Crippen molar-refractivity contribution in [1.29, 1.82) is 0 Å². The minimum atomic E-state index is -1.05. The summed E-state index contributed by atoms with van der Waals surface area (Å²) in [5.74, 6) is -0.628. The molecule has 1 heterocycles. The number of aliphatic imine (C=N–C) groups is 2. The molecule has 0 bridgehead atoms. The molecule has 1 aromatic heterocycles. The summed E-state index contributed by atoms with van der Waals surface area (Å²) >= 11 is 13.7. The number of nitrogens with zero attached hydrogens (tertiary/aromatic N) is 2. The number of hydrogen-bond acceptors (Lipinski definition) is 4. The van der Waals surface area contributed by atoms with E-state index in [0.29, 0.717) is 45.0 Å². The Bertz CT molecular complexity index is 1110. The van der Waals surface area contributed by atoms with Gasteiger partial charge in [-0.15, -0.1) is 11.3 Å². The van der Waals surface area contributed by atoms with Crippen LogP contribution in [0.15, 0.2) is 58.5 Å². The summed E-state index contributed by atoms with van der Waals surface area (Å²) < 4.78 is 5.86. The Morgan fingerprint density at radius 1 is 1.13 bits per heavy atom. The van der Waals surface area contributed by atoms with Crippen molar-refractivity contribution in [2.45, 2.75) is 13.0 Å². The first-order valence-corrected chi connectivity index (χ1v) is 10.3. The second-order valence-electron chi connectivity index (χ2n) is 6.20. The van der Waals surface area contributed by atoms with E-state index in [1.807, 2.05) is 30.3 Å². The number of thiophene rings is 1. The predicted molar refractivity (Wildman–Crippen MR) is 122 cm³/mol. The van der Waals surface area contributed by atoms with Crippen molar-refractivity contribution >= 4 is 58.2 Å². The van der Waals surface area contributed by atoms with Gasteiger partial charge in [0.2, 0.25) is 5.96 Å². The number of guanidine groups is 1. The number of carbonyl (C=O) groups is 1. The maximum atomic E-state index is 11.4. The van der Waals surface area contributed by atoms with E-state index in [4.69, 9.17) is 33.7 Å². The third-order valence-electron chi connectivity index (χ3n) is 4.09. The second kappa shape index (κ2) is 9.75. The Morgan fingerprint density at radius 2 is 1.87 bits per heavy atom. The average molecular weight is 462 g/mol. The van der Waals surface area contributed by atoms with Crippen LogP contribution in [0.2, 0.25) is 10.0 Å². The van der Waals surface area contributed by atoms with Gasteiger partial charge in [-0.1, -0.05) is 53.5 Å². The maximum Gasteiger partial charge on any atom is 0.345 e. The highest BCUT2D eigenvalue weighted by Gasteiger charge is 2.17. The molecule has 30 heavy (non-hydrogen) atoms. The average Bonchev–Trinajstić information content (AvgIpc) is 3.12. The summed E-state index contributed by atoms with van der Waals surface area (Å²) in [5, 5.41) is 10.6. The lowest BCUT2D eigenvalue weighted by atomic mass is 10.1. The Hall–Kier alpha value is -2.87. The van der Waals surface area contributed by atoms with Crippen LogP contribution in [-0.4, -0.2) is 23.8 Å². The van der Waals surface area contributed by atoms with Crippen LogP contribution < -0.4 is 10.5 Å². The molecule has 0 saturated carbocycles. The number of halogens is 2. The fraction of sp³-hybridized carbons (Fsp3) is 0.0952. The zero-order valence-corrected chi connectivity index (χ0v) is 18.0. The van der Waals surface area contributed by atoms with Gasteiger partial charge in [-0.2, -0.15) is 0 Å². The molecule has 0 radical (unpaired) electrons. The molecule has 6 nitrogen and oxygen atoms in total. The van der Waals surface area contributed by atoms with Crippen LogP contribution in [0.5, 0.6) is 5.75 Å². The van der Waals surface area contributed by atoms with Crippen molar-refractivity contribution in [3.05, 3.63) is 80.1 Å². The lowest BCUT2D eigenvalue weighted by molar-refractivity contribution is 0.0702. The number of carboxylic acid groups (broad SMARTS) is 1. The first-order valence-electron chi connectivity index (χ1n) is 8.69. The van der Waals surface area contributed by atoms with Crippen LogP contribution in [-0.2, 0) is 13.0 Å². The summed E-state index contributed by atoms with van der Waals surface area (Å²) in [4.78, 5) is 19.2. The predicted octanol–water partition coefficient (Wildman–Crippen LogP) is 5.57. The number of hydrogen-bond donors (Lipinski definition) is 2. The monoisotopic (exact) mass is 461 g/mol. The molecule has 0 saturated heterocycles. The van der Waals surface area contributed by atoms with Gasteiger partial charge in [0.05, 0.1) is 5.02 Å². The number of rotatable bonds is 7. The molecule has 0 aliphatic rings. The highest BCUT2D eigenvalue weighted by atomic mass is 35.5. The summed E-state index contributed by atoms with van der Waals surface area (Å²) in [6.07, 6.45) is 0.310. The molecule has 0 spiro atoms. The molecule has 2 aromatic carbocycles. The highest BCUT2D eigenvalue weighted by Crippen LogP contribution is 2.37. The molecule has 3 aromatic rings. The van der Waals surface area contributed by atoms with Crippen molar-refractivity contribution in [1.82, 2.24) is 0 Å². The van der Waals surface area contributed by atoms with Crippen LogP contribution in [0.3, 0.4) is 0 Å². The van der Waals surface area contributed by atoms with Crippen LogP contribution >= 0.6 is 34.5 Å². The Balaban J connectivity index is 1.91. The zero-order chi connectivity index (χ0) is 21.7. The van der Waals surface area contributed by atoms with Crippen molar-refractivity contribution in [3.8, 4) is 5.75 Å². The van der Waals surface area contributed by atoms with Gasteiger partial charge in [-0.05, 0) is 41.6 Å². The first-order chi connectivity index (χ1) is 14.4. The van der Waals surface area contributed by atoms with Crippen LogP contribution in [0.25, 0.3) is 0 Å². The lowest BCUT2D eigenvalue weighted by Crippen LogP contribution is -2.06. The lowest BCUT2D eigenvalue weighted by Gasteiger charge is -2.12. The minimum Gasteiger partial charge on any atom is -0.487 e. The van der Waals surface area contributed by atoms with Gasteiger partial charge in [0, 0.05) is 11.4 Å². The molecule has 154 valence electrons. The molecule has 0 atom stereocenters. The van der Waals surface area contributed by atoms with Gasteiger partial charge in [0.1, 0.15) is 22.2 Å². The van der Waals surface area contributed by atoms with Crippen molar-refractivity contribution in [2.24, 2.45) is 15.7 Å². The largest absolute Gasteiger partial charge is 0.487 e. The SMILES string of the molecule is C=N/C(N)=N\c1sc(C(=O)O)cc1Cc1cc(OCc2ccccc2)c(Cl)cc1Cl. The summed E-state index contributed by atoms with van der Waals surface area (Å²) in [5.41, 5.74) is 7.99. The third-order valence-corrected chi connectivity index (χ3v) is 5.80. The van der Waals surface area contributed by atoms with E-state index < -0.39 is 5.97 Å². The Kier molecular flexibility index (Phi) is 7.10. The summed E-state index contributed by atoms with van der Waals surface area (Å²) in [6.45, 7) is 3.67. The first kappa shape index (κ1) is 21.8. The van der Waals surface area contributed by atoms with Gasteiger partial charge in [0.15, 0.2) is 0 Å². The quantitative estimate of drug-likeness (QED) is 0.354. The van der Waals surface area contributed by atoms with Crippen LogP contribution in [0.1, 0.15) is 26.4 Å². The molecular formula is C21H17Cl2N3O3S. The van der Waals surface area contributed by atoms with Crippen molar-refractivity contribution in [2.75, 3.05) is 0 Å².